The van der Waals surface area contributed by atoms with Crippen LogP contribution in [0.1, 0.15) is 32.4 Å². The minimum Gasteiger partial charge on any atom is -0.368 e. The molecule has 1 saturated heterocycles. The maximum atomic E-state index is 12.9. The highest BCUT2D eigenvalue weighted by Crippen LogP contribution is 2.29. The normalized spacial score (nSPS) is 19.6. The van der Waals surface area contributed by atoms with Gasteiger partial charge in [-0.15, -0.1) is 10.2 Å². The summed E-state index contributed by atoms with van der Waals surface area (Å²) in [7, 11) is 0. The third kappa shape index (κ3) is 5.23. The van der Waals surface area contributed by atoms with Crippen molar-refractivity contribution in [3.05, 3.63) is 36.2 Å². The molecule has 2 aliphatic rings. The monoisotopic (exact) mass is 465 g/mol. The topological polar surface area (TPSA) is 62.1 Å². The van der Waals surface area contributed by atoms with Crippen LogP contribution in [0, 0.1) is 11.8 Å². The highest BCUT2D eigenvalue weighted by atomic mass is 19.1. The number of nitrogens with zero attached hydrogens (tertiary/aromatic N) is 6. The van der Waals surface area contributed by atoms with Crippen molar-refractivity contribution in [3.63, 3.8) is 0 Å². The second-order valence-electron chi connectivity index (χ2n) is 10.2. The molecule has 1 aromatic carbocycles. The fourth-order valence-electron chi connectivity index (χ4n) is 5.40. The van der Waals surface area contributed by atoms with Crippen molar-refractivity contribution in [2.24, 2.45) is 11.8 Å². The maximum absolute atomic E-state index is 12.9. The fraction of sp³-hybridized carbons (Fsp3) is 0.577. The van der Waals surface area contributed by atoms with Gasteiger partial charge in [0.2, 0.25) is 0 Å². The zero-order valence-corrected chi connectivity index (χ0v) is 20.4. The van der Waals surface area contributed by atoms with E-state index in [1.165, 1.54) is 25.9 Å². The molecule has 0 saturated carbocycles. The van der Waals surface area contributed by atoms with E-state index in [0.717, 1.165) is 66.3 Å². The fourth-order valence-corrected chi connectivity index (χ4v) is 5.40. The number of benzene rings is 1. The second kappa shape index (κ2) is 10.4. The molecule has 8 heteroatoms. The zero-order chi connectivity index (χ0) is 23.5. The van der Waals surface area contributed by atoms with E-state index in [4.69, 9.17) is 0 Å². The average Bonchev–Trinajstić information content (AvgIpc) is 3.26. The van der Waals surface area contributed by atoms with Crippen molar-refractivity contribution in [2.45, 2.75) is 39.8 Å². The third-order valence-electron chi connectivity index (χ3n) is 7.05. The molecular weight excluding hydrogens is 429 g/mol. The summed E-state index contributed by atoms with van der Waals surface area (Å²) < 4.78 is 14.9. The van der Waals surface area contributed by atoms with Crippen LogP contribution in [-0.4, -0.2) is 75.7 Å². The van der Waals surface area contributed by atoms with E-state index in [2.05, 4.69) is 67.1 Å². The Balaban J connectivity index is 1.30. The van der Waals surface area contributed by atoms with Gasteiger partial charge in [-0.25, -0.2) is 4.39 Å². The second-order valence-corrected chi connectivity index (χ2v) is 10.2. The Morgan fingerprint density at radius 3 is 2.88 bits per heavy atom. The molecule has 0 bridgehead atoms. The van der Waals surface area contributed by atoms with E-state index in [0.29, 0.717) is 18.4 Å². The van der Waals surface area contributed by atoms with Crippen LogP contribution < -0.4 is 5.32 Å². The summed E-state index contributed by atoms with van der Waals surface area (Å²) in [6.07, 6.45) is 4.47. The summed E-state index contributed by atoms with van der Waals surface area (Å²) in [5, 5.41) is 18.1. The van der Waals surface area contributed by atoms with Crippen LogP contribution in [0.25, 0.3) is 22.0 Å². The molecule has 3 aromatic rings. The molecule has 1 N–H and O–H groups in total. The lowest BCUT2D eigenvalue weighted by molar-refractivity contribution is 0.164. The van der Waals surface area contributed by atoms with Gasteiger partial charge in [0.15, 0.2) is 0 Å². The lowest BCUT2D eigenvalue weighted by Gasteiger charge is -2.33. The van der Waals surface area contributed by atoms with Crippen molar-refractivity contribution in [2.75, 3.05) is 51.3 Å². The molecule has 1 fully saturated rings. The lowest BCUT2D eigenvalue weighted by atomic mass is 9.97. The lowest BCUT2D eigenvalue weighted by Crippen LogP contribution is -2.39. The summed E-state index contributed by atoms with van der Waals surface area (Å²) in [5.74, 6) is 2.18. The molecule has 0 spiro atoms. The first-order valence-electron chi connectivity index (χ1n) is 12.7. The number of rotatable bonds is 8. The van der Waals surface area contributed by atoms with Crippen LogP contribution in [0.5, 0.6) is 0 Å². The van der Waals surface area contributed by atoms with E-state index in [1.54, 1.807) is 0 Å². The van der Waals surface area contributed by atoms with Crippen molar-refractivity contribution < 1.29 is 4.39 Å². The van der Waals surface area contributed by atoms with Gasteiger partial charge in [0, 0.05) is 50.2 Å². The van der Waals surface area contributed by atoms with Crippen LogP contribution >= 0.6 is 0 Å². The molecule has 2 aliphatic heterocycles. The molecule has 0 aliphatic carbocycles. The molecular formula is C26H36FN7. The van der Waals surface area contributed by atoms with E-state index in [-0.39, 0.29) is 6.67 Å². The highest BCUT2D eigenvalue weighted by molar-refractivity contribution is 5.86. The summed E-state index contributed by atoms with van der Waals surface area (Å²) in [4.78, 5) is 4.75. The zero-order valence-electron chi connectivity index (χ0n) is 20.4. The smallest absolute Gasteiger partial charge is 0.149 e. The predicted molar refractivity (Wildman–Crippen MR) is 135 cm³/mol. The van der Waals surface area contributed by atoms with Gasteiger partial charge in [-0.05, 0) is 55.0 Å². The Morgan fingerprint density at radius 2 is 2.03 bits per heavy atom. The van der Waals surface area contributed by atoms with E-state index >= 15 is 0 Å². The first-order chi connectivity index (χ1) is 16.6. The summed E-state index contributed by atoms with van der Waals surface area (Å²) in [6, 6.07) is 8.39. The quantitative estimate of drug-likeness (QED) is 0.541. The molecule has 7 nitrogen and oxygen atoms in total. The number of hydrogen-bond donors (Lipinski definition) is 1. The van der Waals surface area contributed by atoms with Gasteiger partial charge in [0.1, 0.15) is 12.5 Å². The van der Waals surface area contributed by atoms with Gasteiger partial charge in [0.05, 0.1) is 24.0 Å². The Hall–Kier alpha value is -2.58. The van der Waals surface area contributed by atoms with Gasteiger partial charge < -0.3 is 10.2 Å². The molecule has 34 heavy (non-hydrogen) atoms. The number of alkyl halides is 1. The number of nitrogens with one attached hydrogen (secondary N) is 1. The Kier molecular flexibility index (Phi) is 7.06. The number of piperidine rings is 1. The van der Waals surface area contributed by atoms with Gasteiger partial charge in [-0.3, -0.25) is 9.58 Å². The van der Waals surface area contributed by atoms with Crippen molar-refractivity contribution in [1.82, 2.24) is 29.8 Å². The Morgan fingerprint density at radius 1 is 1.12 bits per heavy atom. The summed E-state index contributed by atoms with van der Waals surface area (Å²) >= 11 is 0. The highest BCUT2D eigenvalue weighted by Gasteiger charge is 2.22. The summed E-state index contributed by atoms with van der Waals surface area (Å²) in [5.41, 5.74) is 4.27. The molecule has 4 heterocycles. The van der Waals surface area contributed by atoms with Crippen molar-refractivity contribution in [1.29, 1.82) is 0 Å². The first kappa shape index (κ1) is 23.2. The van der Waals surface area contributed by atoms with Crippen LogP contribution in [0.3, 0.4) is 0 Å². The van der Waals surface area contributed by atoms with E-state index in [1.807, 2.05) is 12.3 Å². The van der Waals surface area contributed by atoms with Gasteiger partial charge in [-0.2, -0.15) is 5.10 Å². The molecule has 5 rings (SSSR count). The number of hydrogen-bond acceptors (Lipinski definition) is 6. The van der Waals surface area contributed by atoms with Crippen molar-refractivity contribution in [3.8, 4) is 11.1 Å². The van der Waals surface area contributed by atoms with E-state index in [9.17, 15) is 4.39 Å². The standard InChI is InChI=1S/C26H36FN7/c1-19(2)16-33-8-3-4-20(17-33)14-28-26-13-22-12-21(5-6-24(22)30-31-26)23-15-29-34-11-10-32(9-7-27)18-25(23)34/h5-6,12-13,15,19-20H,3-4,7-11,14,16-18H2,1-2H3,(H,28,31). The first-order valence-corrected chi connectivity index (χ1v) is 12.7. The molecule has 2 aromatic heterocycles. The van der Waals surface area contributed by atoms with Crippen LogP contribution in [-0.2, 0) is 13.1 Å². The molecule has 182 valence electrons. The Labute approximate surface area is 201 Å². The number of aromatic nitrogens is 4. The molecule has 1 unspecified atom stereocenters. The molecule has 0 radical (unpaired) electrons. The summed E-state index contributed by atoms with van der Waals surface area (Å²) in [6.45, 7) is 11.6. The van der Waals surface area contributed by atoms with Gasteiger partial charge in [0.25, 0.3) is 0 Å². The van der Waals surface area contributed by atoms with Crippen LogP contribution in [0.15, 0.2) is 30.5 Å². The van der Waals surface area contributed by atoms with Gasteiger partial charge in [-0.1, -0.05) is 19.9 Å². The van der Waals surface area contributed by atoms with Gasteiger partial charge >= 0.3 is 0 Å². The largest absolute Gasteiger partial charge is 0.368 e. The predicted octanol–water partition coefficient (Wildman–Crippen LogP) is 4.06. The SMILES string of the molecule is CC(C)CN1CCCC(CNc2cc3cc(-c4cnn5c4CN(CCF)CC5)ccc3nn2)C1. The number of halogens is 1. The average molecular weight is 466 g/mol. The number of anilines is 1. The van der Waals surface area contributed by atoms with Crippen LogP contribution in [0.4, 0.5) is 10.2 Å². The Bertz CT molecular complexity index is 1110. The van der Waals surface area contributed by atoms with Crippen molar-refractivity contribution >= 4 is 16.7 Å². The molecule has 1 atom stereocenters. The van der Waals surface area contributed by atoms with Crippen LogP contribution in [0.2, 0.25) is 0 Å². The maximum Gasteiger partial charge on any atom is 0.149 e. The minimum absolute atomic E-state index is 0.315. The molecule has 0 amide bonds. The third-order valence-corrected chi connectivity index (χ3v) is 7.05. The minimum atomic E-state index is -0.315. The van der Waals surface area contributed by atoms with E-state index < -0.39 is 0 Å². The number of fused-ring (bicyclic) bond motifs is 2. The number of likely N-dealkylation sites (tertiary alicyclic amines) is 1.